The minimum Gasteiger partial charge on any atom is -0.477 e. The fourth-order valence-corrected chi connectivity index (χ4v) is 6.04. The van der Waals surface area contributed by atoms with Crippen molar-refractivity contribution in [3.63, 3.8) is 0 Å². The number of para-hydroxylation sites is 3. The molecule has 5 heterocycles. The standard InChI is InChI=1S/C17H11BrN4.C17H12N4.C4H4BrNO2.CH2Cl2.2Ir/c18-13-5-4-8-15(11-13)22-12-21(14-6-2-1-3-7-14)16-17(22)20-10-9-19-16;1-3-7-14(8-4-1)20-13-21(15-9-5-2-6-10-15)17-16(20)18-11-12-19-17;5-6-3(7)1-2-4(6)8;2-1-3;;/h1-7,9-12H;1-9,11-13H;1-2H2;1H2;;/q2*-2;;;;. The van der Waals surface area contributed by atoms with Crippen LogP contribution < -0.4 is 19.6 Å². The number of carbonyl (C=O) groups excluding carboxylic acids is 2. The molecule has 0 unspecified atom stereocenters. The summed E-state index contributed by atoms with van der Waals surface area (Å²) < 4.78 is 1.98. The van der Waals surface area contributed by atoms with E-state index in [1.54, 1.807) is 24.8 Å². The Morgan fingerprint density at radius 2 is 1.00 bits per heavy atom. The van der Waals surface area contributed by atoms with Crippen LogP contribution in [0.3, 0.4) is 0 Å². The molecular weight excluding hydrogens is 1240 g/mol. The Labute approximate surface area is 379 Å². The molecule has 9 rings (SSSR count). The fraction of sp³-hybridized carbons (Fsp3) is 0.0769. The molecule has 3 aliphatic heterocycles. The molecule has 2 radical (unpaired) electrons. The minimum absolute atomic E-state index is 0. The van der Waals surface area contributed by atoms with Gasteiger partial charge in [-0.15, -0.1) is 54.0 Å². The van der Waals surface area contributed by atoms with Crippen LogP contribution in [-0.2, 0) is 49.8 Å². The van der Waals surface area contributed by atoms with E-state index < -0.39 is 0 Å². The van der Waals surface area contributed by atoms with Gasteiger partial charge in [0.25, 0.3) is 0 Å². The molecule has 0 bridgehead atoms. The molecule has 1 saturated heterocycles. The van der Waals surface area contributed by atoms with Crippen LogP contribution in [0.25, 0.3) is 0 Å². The molecule has 3 aliphatic rings. The van der Waals surface area contributed by atoms with Gasteiger partial charge in [-0.3, -0.25) is 9.59 Å². The molecule has 6 aromatic rings. The second-order valence-electron chi connectivity index (χ2n) is 11.1. The van der Waals surface area contributed by atoms with Crippen molar-refractivity contribution in [2.75, 3.05) is 24.9 Å². The van der Waals surface area contributed by atoms with E-state index in [2.05, 4.69) is 64.1 Å². The van der Waals surface area contributed by atoms with Gasteiger partial charge in [-0.2, -0.15) is 48.5 Å². The fourth-order valence-electron chi connectivity index (χ4n) is 5.33. The number of rotatable bonds is 4. The summed E-state index contributed by atoms with van der Waals surface area (Å²) in [7, 11) is 0. The first kappa shape index (κ1) is 44.9. The number of hydrogen-bond donors (Lipinski definition) is 0. The van der Waals surface area contributed by atoms with Crippen LogP contribution in [0.4, 0.5) is 46.0 Å². The Balaban J connectivity index is 0.000000192. The van der Waals surface area contributed by atoms with E-state index in [0.717, 1.165) is 54.4 Å². The van der Waals surface area contributed by atoms with Gasteiger partial charge in [-0.05, 0) is 24.3 Å². The molecule has 0 spiro atoms. The van der Waals surface area contributed by atoms with Gasteiger partial charge in [0.1, 0.15) is 23.3 Å². The van der Waals surface area contributed by atoms with Crippen molar-refractivity contribution in [3.05, 3.63) is 158 Å². The summed E-state index contributed by atoms with van der Waals surface area (Å²) in [6.07, 6.45) is 7.52. The Morgan fingerprint density at radius 3 is 1.39 bits per heavy atom. The van der Waals surface area contributed by atoms with Crippen LogP contribution in [-0.4, -0.2) is 41.0 Å². The molecule has 4 aromatic carbocycles. The van der Waals surface area contributed by atoms with Crippen molar-refractivity contribution >= 4 is 113 Å². The minimum atomic E-state index is -0.144. The van der Waals surface area contributed by atoms with E-state index in [-0.39, 0.29) is 57.4 Å². The molecule has 2 aromatic heterocycles. The Hall–Kier alpha value is -3.78. The number of imide groups is 1. The molecule has 0 aliphatic carbocycles. The summed E-state index contributed by atoms with van der Waals surface area (Å²) >= 11 is 15.8. The Bertz CT molecular complexity index is 2090. The molecule has 11 nitrogen and oxygen atoms in total. The molecule has 1 fully saturated rings. The van der Waals surface area contributed by atoms with Crippen LogP contribution in [0.15, 0.2) is 132 Å². The Morgan fingerprint density at radius 1 is 0.589 bits per heavy atom. The van der Waals surface area contributed by atoms with Crippen molar-refractivity contribution in [1.82, 2.24) is 23.9 Å². The molecule has 0 N–H and O–H groups in total. The summed E-state index contributed by atoms with van der Waals surface area (Å²) in [5, 5.41) is 0.194. The quantitative estimate of drug-likeness (QED) is 0.0734. The molecule has 2 amide bonds. The van der Waals surface area contributed by atoms with Gasteiger partial charge in [0.2, 0.25) is 11.8 Å². The molecule has 17 heteroatoms. The second-order valence-corrected chi connectivity index (χ2v) is 13.5. The zero-order valence-electron chi connectivity index (χ0n) is 28.9. The van der Waals surface area contributed by atoms with E-state index in [1.807, 2.05) is 136 Å². The monoisotopic (exact) mass is 1270 g/mol. The van der Waals surface area contributed by atoms with Crippen molar-refractivity contribution in [2.24, 2.45) is 0 Å². The number of benzene rings is 4. The molecular formula is C39H29Br2Cl2Ir2N9O2-4. The van der Waals surface area contributed by atoms with Crippen molar-refractivity contribution in [3.8, 4) is 0 Å². The van der Waals surface area contributed by atoms with Crippen LogP contribution in [0.2, 0.25) is 0 Å². The van der Waals surface area contributed by atoms with Gasteiger partial charge in [-0.1, -0.05) is 56.8 Å². The maximum atomic E-state index is 10.4. The molecule has 0 saturated carbocycles. The topological polar surface area (TPSA) is 102 Å². The zero-order valence-corrected chi connectivity index (χ0v) is 38.4. The van der Waals surface area contributed by atoms with E-state index >= 15 is 0 Å². The summed E-state index contributed by atoms with van der Waals surface area (Å²) in [6.45, 7) is 3.98. The molecule has 292 valence electrons. The van der Waals surface area contributed by atoms with Crippen molar-refractivity contribution in [1.29, 1.82) is 0 Å². The van der Waals surface area contributed by atoms with Crippen molar-refractivity contribution in [2.45, 2.75) is 12.8 Å². The second kappa shape index (κ2) is 22.2. The van der Waals surface area contributed by atoms with Crippen LogP contribution in [0, 0.1) is 25.5 Å². The average Bonchev–Trinajstić information content (AvgIpc) is 3.90. The smallest absolute Gasteiger partial charge is 0.239 e. The SMILES string of the molecule is Brc1cc[c-]c(N2[CH-]N(c3ccccc3)c3nccnc32)c1.ClCCl.O=C1CCC(=O)N1Br.[Ir].[Ir].[c-]1ccccc1N1[CH-]N(c2ccccc2)c2nccnc21. The summed E-state index contributed by atoms with van der Waals surface area (Å²) in [6, 6.07) is 40.3. The summed E-state index contributed by atoms with van der Waals surface area (Å²) in [5.74, 6) is 2.94. The number of aromatic nitrogens is 4. The molecule has 0 atom stereocenters. The number of nitrogens with zero attached hydrogens (tertiary/aromatic N) is 9. The number of carbonyl (C=O) groups is 2. The summed E-state index contributed by atoms with van der Waals surface area (Å²) in [5.41, 5.74) is 3.95. The van der Waals surface area contributed by atoms with Gasteiger partial charge in [0.05, 0.1) is 21.5 Å². The largest absolute Gasteiger partial charge is 0.477 e. The first-order chi connectivity index (χ1) is 26.4. The summed E-state index contributed by atoms with van der Waals surface area (Å²) in [4.78, 5) is 46.8. The van der Waals surface area contributed by atoms with E-state index in [1.165, 1.54) is 0 Å². The maximum absolute atomic E-state index is 10.4. The van der Waals surface area contributed by atoms with Gasteiger partial charge in [0.15, 0.2) is 0 Å². The number of hydrogen-bond acceptors (Lipinski definition) is 10. The third-order valence-electron chi connectivity index (χ3n) is 7.71. The average molecular weight is 1270 g/mol. The first-order valence-electron chi connectivity index (χ1n) is 16.3. The van der Waals surface area contributed by atoms with E-state index in [0.29, 0.717) is 12.8 Å². The number of amides is 2. The predicted molar refractivity (Wildman–Crippen MR) is 219 cm³/mol. The van der Waals surface area contributed by atoms with Crippen LogP contribution in [0.5, 0.6) is 0 Å². The first-order valence-corrected chi connectivity index (χ1v) is 18.8. The third-order valence-corrected chi connectivity index (χ3v) is 9.00. The van der Waals surface area contributed by atoms with Gasteiger partial charge in [-0.25, -0.2) is 23.9 Å². The zero-order chi connectivity index (χ0) is 37.9. The van der Waals surface area contributed by atoms with Gasteiger partial charge >= 0.3 is 0 Å². The van der Waals surface area contributed by atoms with Crippen LogP contribution in [0.1, 0.15) is 12.8 Å². The third kappa shape index (κ3) is 11.0. The van der Waals surface area contributed by atoms with Gasteiger partial charge < -0.3 is 19.6 Å². The Kier molecular flexibility index (Phi) is 17.8. The maximum Gasteiger partial charge on any atom is 0.239 e. The predicted octanol–water partition coefficient (Wildman–Crippen LogP) is 10.00. The normalized spacial score (nSPS) is 13.5. The van der Waals surface area contributed by atoms with E-state index in [9.17, 15) is 9.59 Å². The number of anilines is 8. The van der Waals surface area contributed by atoms with Gasteiger partial charge in [0, 0.05) is 89.2 Å². The number of alkyl halides is 2. The number of fused-ring (bicyclic) bond motifs is 2. The van der Waals surface area contributed by atoms with Crippen molar-refractivity contribution < 1.29 is 49.8 Å². The number of halogens is 4. The molecule has 56 heavy (non-hydrogen) atoms. The van der Waals surface area contributed by atoms with Crippen LogP contribution >= 0.6 is 55.3 Å². The van der Waals surface area contributed by atoms with E-state index in [4.69, 9.17) is 23.2 Å².